The van der Waals surface area contributed by atoms with Gasteiger partial charge in [-0.25, -0.2) is 4.39 Å². The number of ether oxygens (including phenoxy) is 1. The Labute approximate surface area is 196 Å². The third kappa shape index (κ3) is 4.99. The summed E-state index contributed by atoms with van der Waals surface area (Å²) in [5.41, 5.74) is -9.31. The summed E-state index contributed by atoms with van der Waals surface area (Å²) in [4.78, 5) is 0. The van der Waals surface area contributed by atoms with Crippen LogP contribution in [0.5, 0.6) is 0 Å². The van der Waals surface area contributed by atoms with Crippen molar-refractivity contribution in [2.45, 2.75) is 97.3 Å². The lowest BCUT2D eigenvalue weighted by molar-refractivity contribution is -0.463. The minimum absolute atomic E-state index is 0.0334. The molecule has 16 heteroatoms. The van der Waals surface area contributed by atoms with Crippen molar-refractivity contribution in [1.82, 2.24) is 0 Å². The van der Waals surface area contributed by atoms with Crippen LogP contribution in [-0.4, -0.2) is 48.0 Å². The molecule has 2 unspecified atom stereocenters. The summed E-state index contributed by atoms with van der Waals surface area (Å²) in [5, 5.41) is -6.75. The SMILES string of the molecule is CC(C(C)(C)C(F)(OC(F)(F)C(F)(F)S(=O)(=O)O)C(F)(F)C(C)(C)C)C(F)(F)C(F)(F)C(C)(C)C. The number of alkyl halides is 11. The second kappa shape index (κ2) is 8.57. The highest BCUT2D eigenvalue weighted by Crippen LogP contribution is 2.64. The average molecular weight is 562 g/mol. The lowest BCUT2D eigenvalue weighted by Crippen LogP contribution is -2.70. The summed E-state index contributed by atoms with van der Waals surface area (Å²) in [6.07, 6.45) is -6.79. The second-order valence-electron chi connectivity index (χ2n) is 10.9. The Hall–Kier alpha value is -0.900. The molecule has 0 saturated carbocycles. The van der Waals surface area contributed by atoms with Crippen LogP contribution < -0.4 is 0 Å². The molecule has 0 fully saturated rings. The maximum atomic E-state index is 16.1. The minimum Gasteiger partial charge on any atom is -0.281 e. The highest BCUT2D eigenvalue weighted by Gasteiger charge is 2.80. The number of hydrogen-bond donors (Lipinski definition) is 1. The zero-order chi connectivity index (χ0) is 29.3. The number of rotatable bonds is 9. The molecule has 0 aromatic carbocycles. The highest BCUT2D eigenvalue weighted by molar-refractivity contribution is 7.86. The van der Waals surface area contributed by atoms with Gasteiger partial charge in [-0.1, -0.05) is 62.3 Å². The van der Waals surface area contributed by atoms with Crippen LogP contribution in [0.2, 0.25) is 0 Å². The molecule has 212 valence electrons. The summed E-state index contributed by atoms with van der Waals surface area (Å²) >= 11 is 0. The molecule has 0 amide bonds. The standard InChI is InChI=1S/C19H29F11O4S/c1-10(14(20,21)15(22,23)11(2,3)4)13(8,9)17(26,16(24,25)12(5,6)7)34-18(27,28)19(29,30)35(31,32)33/h10H,1-9H3,(H,31,32,33). The molecule has 0 heterocycles. The minimum atomic E-state index is -7.14. The van der Waals surface area contributed by atoms with Crippen LogP contribution in [0.25, 0.3) is 0 Å². The van der Waals surface area contributed by atoms with E-state index in [0.717, 1.165) is 0 Å². The molecular weight excluding hydrogens is 533 g/mol. The molecule has 35 heavy (non-hydrogen) atoms. The summed E-state index contributed by atoms with van der Waals surface area (Å²) in [5.74, 6) is -24.9. The van der Waals surface area contributed by atoms with Gasteiger partial charge >= 0.3 is 39.2 Å². The van der Waals surface area contributed by atoms with Crippen LogP contribution in [0.1, 0.15) is 62.3 Å². The zero-order valence-electron chi connectivity index (χ0n) is 20.3. The molecule has 0 bridgehead atoms. The molecule has 0 aromatic heterocycles. The molecular formula is C19H29F11O4S. The van der Waals surface area contributed by atoms with Crippen molar-refractivity contribution in [3.63, 3.8) is 0 Å². The van der Waals surface area contributed by atoms with E-state index in [-0.39, 0.29) is 20.8 Å². The molecule has 1 N–H and O–H groups in total. The zero-order valence-corrected chi connectivity index (χ0v) is 21.1. The molecule has 2 atom stereocenters. The van der Waals surface area contributed by atoms with E-state index in [1.54, 1.807) is 0 Å². The van der Waals surface area contributed by atoms with Crippen molar-refractivity contribution in [2.24, 2.45) is 22.2 Å². The van der Waals surface area contributed by atoms with Gasteiger partial charge in [0.15, 0.2) is 0 Å². The summed E-state index contributed by atoms with van der Waals surface area (Å²) < 4.78 is 194. The van der Waals surface area contributed by atoms with Gasteiger partial charge in [0, 0.05) is 22.2 Å². The normalized spacial score (nSPS) is 18.9. The van der Waals surface area contributed by atoms with Crippen molar-refractivity contribution in [3.8, 4) is 0 Å². The summed E-state index contributed by atoms with van der Waals surface area (Å²) in [6, 6.07) is 0. The number of halogens is 11. The first-order valence-electron chi connectivity index (χ1n) is 9.86. The van der Waals surface area contributed by atoms with Crippen molar-refractivity contribution in [3.05, 3.63) is 0 Å². The van der Waals surface area contributed by atoms with Crippen molar-refractivity contribution in [1.29, 1.82) is 0 Å². The van der Waals surface area contributed by atoms with Gasteiger partial charge in [0.1, 0.15) is 0 Å². The molecule has 0 aliphatic rings. The highest BCUT2D eigenvalue weighted by atomic mass is 32.2. The molecule has 0 rings (SSSR count). The van der Waals surface area contributed by atoms with Crippen LogP contribution in [0.4, 0.5) is 48.3 Å². The fraction of sp³-hybridized carbons (Fsp3) is 1.00. The van der Waals surface area contributed by atoms with E-state index in [9.17, 15) is 43.5 Å². The van der Waals surface area contributed by atoms with Crippen LogP contribution in [0.15, 0.2) is 0 Å². The Bertz CT molecular complexity index is 887. The first-order valence-corrected chi connectivity index (χ1v) is 11.3. The van der Waals surface area contributed by atoms with Crippen LogP contribution in [0.3, 0.4) is 0 Å². The van der Waals surface area contributed by atoms with Gasteiger partial charge in [-0.05, 0) is 0 Å². The molecule has 4 nitrogen and oxygen atoms in total. The molecule has 0 aliphatic heterocycles. The molecule has 0 radical (unpaired) electrons. The monoisotopic (exact) mass is 562 g/mol. The van der Waals surface area contributed by atoms with E-state index >= 15 is 13.2 Å². The summed E-state index contributed by atoms with van der Waals surface area (Å²) in [6.45, 7) is 3.40. The molecule has 0 aromatic rings. The molecule has 0 saturated heterocycles. The third-order valence-corrected chi connectivity index (χ3v) is 6.98. The molecule has 0 spiro atoms. The van der Waals surface area contributed by atoms with Gasteiger partial charge in [0.25, 0.3) is 5.85 Å². The average Bonchev–Trinajstić information content (AvgIpc) is 2.56. The lowest BCUT2D eigenvalue weighted by Gasteiger charge is -2.54. The predicted octanol–water partition coefficient (Wildman–Crippen LogP) is 7.40. The van der Waals surface area contributed by atoms with Gasteiger partial charge in [-0.2, -0.15) is 52.3 Å². The topological polar surface area (TPSA) is 63.6 Å². The smallest absolute Gasteiger partial charge is 0.281 e. The summed E-state index contributed by atoms with van der Waals surface area (Å²) in [7, 11) is -7.14. The Balaban J connectivity index is 7.36. The van der Waals surface area contributed by atoms with Crippen molar-refractivity contribution < 1.29 is 66.0 Å². The first-order chi connectivity index (χ1) is 14.6. The predicted molar refractivity (Wildman–Crippen MR) is 103 cm³/mol. The van der Waals surface area contributed by atoms with E-state index < -0.39 is 67.3 Å². The van der Waals surface area contributed by atoms with Gasteiger partial charge in [0.2, 0.25) is 0 Å². The fourth-order valence-electron chi connectivity index (χ4n) is 2.97. The van der Waals surface area contributed by atoms with Gasteiger partial charge in [-0.3, -0.25) is 9.29 Å². The third-order valence-electron chi connectivity index (χ3n) is 6.09. The van der Waals surface area contributed by atoms with E-state index in [2.05, 4.69) is 4.74 Å². The van der Waals surface area contributed by atoms with Gasteiger partial charge < -0.3 is 0 Å². The fourth-order valence-corrected chi connectivity index (χ4v) is 3.31. The van der Waals surface area contributed by atoms with Crippen LogP contribution in [0, 0.1) is 22.2 Å². The largest absolute Gasteiger partial charge is 0.460 e. The van der Waals surface area contributed by atoms with E-state index in [1.807, 2.05) is 0 Å². The first kappa shape index (κ1) is 34.1. The quantitative estimate of drug-likeness (QED) is 0.235. The maximum absolute atomic E-state index is 16.1. The van der Waals surface area contributed by atoms with E-state index in [4.69, 9.17) is 4.55 Å². The van der Waals surface area contributed by atoms with Gasteiger partial charge in [0.05, 0.1) is 0 Å². The lowest BCUT2D eigenvalue weighted by atomic mass is 9.63. The van der Waals surface area contributed by atoms with E-state index in [1.165, 1.54) is 0 Å². The van der Waals surface area contributed by atoms with Gasteiger partial charge in [-0.15, -0.1) is 0 Å². The van der Waals surface area contributed by atoms with Crippen LogP contribution in [-0.2, 0) is 14.9 Å². The van der Waals surface area contributed by atoms with Crippen molar-refractivity contribution >= 4 is 10.1 Å². The van der Waals surface area contributed by atoms with Crippen molar-refractivity contribution in [2.75, 3.05) is 0 Å². The second-order valence-corrected chi connectivity index (χ2v) is 12.4. The Morgan fingerprint density at radius 3 is 1.23 bits per heavy atom. The Morgan fingerprint density at radius 2 is 0.971 bits per heavy atom. The van der Waals surface area contributed by atoms with Crippen LogP contribution >= 0.6 is 0 Å². The Kier molecular flexibility index (Phi) is 8.35. The Morgan fingerprint density at radius 1 is 0.657 bits per heavy atom. The molecule has 0 aliphatic carbocycles. The number of hydrogen-bond acceptors (Lipinski definition) is 3. The maximum Gasteiger partial charge on any atom is 0.460 e. The van der Waals surface area contributed by atoms with E-state index in [0.29, 0.717) is 41.5 Å².